The van der Waals surface area contributed by atoms with E-state index >= 15 is 0 Å². The van der Waals surface area contributed by atoms with E-state index in [-0.39, 0.29) is 39.3 Å². The van der Waals surface area contributed by atoms with Gasteiger partial charge in [0.05, 0.1) is 34.6 Å². The molecule has 40 heavy (non-hydrogen) atoms. The number of carboxylic acid groups (broad SMARTS) is 1. The number of amides is 1. The summed E-state index contributed by atoms with van der Waals surface area (Å²) in [7, 11) is 3.66. The highest BCUT2D eigenvalue weighted by atomic mass is 35.5. The maximum atomic E-state index is 12.9. The standard InChI is InChI=1S/C25H30Cl2N8O4S/c1-13-18(26)19(27)21(30-13)23(36)31-14-4-5-35(12-16(14)39-3)25-32-20(22(40-25)24(37)38)15-10-29-17(11-28-15)34-8-6-33(2)7-9-34/h10-11,14,16,30H,4-9,12H2,1-3H3,(H,31,36)(H,37,38). The summed E-state index contributed by atoms with van der Waals surface area (Å²) in [6.07, 6.45) is 3.43. The molecule has 12 nitrogen and oxygen atoms in total. The first kappa shape index (κ1) is 28.6. The van der Waals surface area contributed by atoms with Crippen LogP contribution in [0.1, 0.15) is 32.3 Å². The number of nitrogens with zero attached hydrogens (tertiary/aromatic N) is 6. The van der Waals surface area contributed by atoms with E-state index in [2.05, 4.69) is 42.1 Å². The number of likely N-dealkylation sites (N-methyl/N-ethyl adjacent to an activating group) is 1. The predicted octanol–water partition coefficient (Wildman–Crippen LogP) is 3.02. The molecule has 5 heterocycles. The number of hydrogen-bond acceptors (Lipinski definition) is 10. The first-order chi connectivity index (χ1) is 19.2. The Hall–Kier alpha value is -2.97. The highest BCUT2D eigenvalue weighted by Gasteiger charge is 2.34. The molecular weight excluding hydrogens is 579 g/mol. The fourth-order valence-corrected chi connectivity index (χ4v) is 6.23. The second kappa shape index (κ2) is 11.9. The quantitative estimate of drug-likeness (QED) is 0.366. The third kappa shape index (κ3) is 5.75. The van der Waals surface area contributed by atoms with Gasteiger partial charge in [0.1, 0.15) is 27.8 Å². The second-order valence-electron chi connectivity index (χ2n) is 9.87. The molecule has 2 aliphatic rings. The van der Waals surface area contributed by atoms with Crippen LogP contribution in [0, 0.1) is 6.92 Å². The van der Waals surface area contributed by atoms with Gasteiger partial charge in [0.2, 0.25) is 0 Å². The minimum absolute atomic E-state index is 0.0923. The Morgan fingerprint density at radius 3 is 2.48 bits per heavy atom. The van der Waals surface area contributed by atoms with E-state index in [1.54, 1.807) is 26.4 Å². The Morgan fingerprint density at radius 2 is 1.88 bits per heavy atom. The third-order valence-electron chi connectivity index (χ3n) is 7.25. The SMILES string of the molecule is COC1CN(c2nc(-c3cnc(N4CCN(C)CC4)cn3)c(C(=O)O)s2)CCC1NC(=O)c1[nH]c(C)c(Cl)c1Cl. The second-order valence-corrected chi connectivity index (χ2v) is 11.6. The number of hydrogen-bond donors (Lipinski definition) is 3. The Morgan fingerprint density at radius 1 is 1.12 bits per heavy atom. The van der Waals surface area contributed by atoms with Crippen molar-refractivity contribution in [1.82, 2.24) is 30.2 Å². The number of aromatic amines is 1. The lowest BCUT2D eigenvalue weighted by Gasteiger charge is -2.37. The molecule has 15 heteroatoms. The lowest BCUT2D eigenvalue weighted by atomic mass is 10.0. The van der Waals surface area contributed by atoms with Crippen LogP contribution in [0.5, 0.6) is 0 Å². The number of piperidine rings is 1. The zero-order valence-electron chi connectivity index (χ0n) is 22.3. The van der Waals surface area contributed by atoms with Crippen molar-refractivity contribution in [2.75, 3.05) is 63.2 Å². The smallest absolute Gasteiger partial charge is 0.348 e. The molecule has 0 aliphatic carbocycles. The number of nitrogens with one attached hydrogen (secondary N) is 2. The van der Waals surface area contributed by atoms with Gasteiger partial charge in [-0.25, -0.2) is 19.7 Å². The number of halogens is 2. The fourth-order valence-electron chi connectivity index (χ4n) is 4.87. The van der Waals surface area contributed by atoms with Crippen LogP contribution in [0.4, 0.5) is 10.9 Å². The Labute approximate surface area is 245 Å². The van der Waals surface area contributed by atoms with Gasteiger partial charge in [-0.05, 0) is 20.4 Å². The maximum Gasteiger partial charge on any atom is 0.348 e. The first-order valence-corrected chi connectivity index (χ1v) is 14.4. The minimum Gasteiger partial charge on any atom is -0.477 e. The number of carbonyl (C=O) groups is 2. The number of carbonyl (C=O) groups excluding carboxylic acids is 1. The summed E-state index contributed by atoms with van der Waals surface area (Å²) < 4.78 is 5.70. The third-order valence-corrected chi connectivity index (χ3v) is 9.30. The molecule has 0 bridgehead atoms. The van der Waals surface area contributed by atoms with Crippen LogP contribution in [0.25, 0.3) is 11.4 Å². The lowest BCUT2D eigenvalue weighted by molar-refractivity contribution is 0.0540. The van der Waals surface area contributed by atoms with Crippen molar-refractivity contribution in [3.05, 3.63) is 38.7 Å². The van der Waals surface area contributed by atoms with Crippen LogP contribution in [0.2, 0.25) is 10.0 Å². The summed E-state index contributed by atoms with van der Waals surface area (Å²) in [5, 5.41) is 13.9. The van der Waals surface area contributed by atoms with Crippen LogP contribution < -0.4 is 15.1 Å². The van der Waals surface area contributed by atoms with Gasteiger partial charge in [-0.2, -0.15) is 0 Å². The molecule has 0 radical (unpaired) electrons. The topological polar surface area (TPSA) is 140 Å². The summed E-state index contributed by atoms with van der Waals surface area (Å²) in [4.78, 5) is 48.1. The van der Waals surface area contributed by atoms with Gasteiger partial charge in [-0.1, -0.05) is 34.5 Å². The fraction of sp³-hybridized carbons (Fsp3) is 0.480. The number of methoxy groups -OCH3 is 1. The van der Waals surface area contributed by atoms with Gasteiger partial charge in [-0.15, -0.1) is 0 Å². The average Bonchev–Trinajstić information content (AvgIpc) is 3.51. The van der Waals surface area contributed by atoms with Crippen molar-refractivity contribution in [2.45, 2.75) is 25.5 Å². The van der Waals surface area contributed by atoms with E-state index in [0.717, 1.165) is 43.3 Å². The molecule has 3 aromatic heterocycles. The Balaban J connectivity index is 1.30. The maximum absolute atomic E-state index is 12.9. The molecule has 2 atom stereocenters. The number of H-pyrrole nitrogens is 1. The number of aromatic nitrogens is 4. The molecule has 0 aromatic carbocycles. The van der Waals surface area contributed by atoms with Crippen molar-refractivity contribution in [2.24, 2.45) is 0 Å². The molecule has 2 fully saturated rings. The van der Waals surface area contributed by atoms with E-state index in [1.165, 1.54) is 0 Å². The van der Waals surface area contributed by atoms with Crippen LogP contribution >= 0.6 is 34.5 Å². The number of aryl methyl sites for hydroxylation is 1. The monoisotopic (exact) mass is 608 g/mol. The molecule has 2 saturated heterocycles. The number of ether oxygens (including phenoxy) is 1. The summed E-state index contributed by atoms with van der Waals surface area (Å²) in [5.41, 5.74) is 1.50. The highest BCUT2D eigenvalue weighted by molar-refractivity contribution is 7.17. The van der Waals surface area contributed by atoms with E-state index in [4.69, 9.17) is 27.9 Å². The van der Waals surface area contributed by atoms with Gasteiger partial charge in [0.25, 0.3) is 5.91 Å². The van der Waals surface area contributed by atoms with Crippen LogP contribution in [0.3, 0.4) is 0 Å². The van der Waals surface area contributed by atoms with Gasteiger partial charge in [-0.3, -0.25) is 4.79 Å². The molecule has 3 aromatic rings. The zero-order valence-corrected chi connectivity index (χ0v) is 24.6. The van der Waals surface area contributed by atoms with E-state index in [1.807, 2.05) is 4.90 Å². The molecule has 3 N–H and O–H groups in total. The van der Waals surface area contributed by atoms with Crippen molar-refractivity contribution in [3.8, 4) is 11.4 Å². The summed E-state index contributed by atoms with van der Waals surface area (Å²) in [5.74, 6) is -0.691. The van der Waals surface area contributed by atoms with Gasteiger partial charge < -0.3 is 34.8 Å². The van der Waals surface area contributed by atoms with Crippen LogP contribution in [-0.4, -0.2) is 107 Å². The molecule has 0 saturated carbocycles. The van der Waals surface area contributed by atoms with E-state index < -0.39 is 5.97 Å². The predicted molar refractivity (Wildman–Crippen MR) is 154 cm³/mol. The van der Waals surface area contributed by atoms with Crippen LogP contribution in [-0.2, 0) is 4.74 Å². The number of anilines is 2. The van der Waals surface area contributed by atoms with Gasteiger partial charge >= 0.3 is 5.97 Å². The summed E-state index contributed by atoms with van der Waals surface area (Å²) >= 11 is 13.4. The van der Waals surface area contributed by atoms with Crippen LogP contribution in [0.15, 0.2) is 12.4 Å². The molecular formula is C25H30Cl2N8O4S. The number of piperazine rings is 1. The van der Waals surface area contributed by atoms with Gasteiger partial charge in [0.15, 0.2) is 5.13 Å². The Bertz CT molecular complexity index is 1390. The first-order valence-electron chi connectivity index (χ1n) is 12.8. The molecule has 214 valence electrons. The normalized spacial score (nSPS) is 20.1. The minimum atomic E-state index is -1.08. The average molecular weight is 610 g/mol. The summed E-state index contributed by atoms with van der Waals surface area (Å²) in [6, 6.07) is -0.293. The number of rotatable bonds is 7. The molecule has 0 spiro atoms. The van der Waals surface area contributed by atoms with Crippen molar-refractivity contribution >= 4 is 57.4 Å². The van der Waals surface area contributed by atoms with Crippen molar-refractivity contribution in [3.63, 3.8) is 0 Å². The van der Waals surface area contributed by atoms with Crippen molar-refractivity contribution in [1.29, 1.82) is 0 Å². The molecule has 2 unspecified atom stereocenters. The Kier molecular flexibility index (Phi) is 8.47. The highest BCUT2D eigenvalue weighted by Crippen LogP contribution is 2.34. The summed E-state index contributed by atoms with van der Waals surface area (Å²) in [6.45, 7) is 6.27. The lowest BCUT2D eigenvalue weighted by Crippen LogP contribution is -2.55. The van der Waals surface area contributed by atoms with Crippen molar-refractivity contribution < 1.29 is 19.4 Å². The number of aromatic carboxylic acids is 1. The number of carboxylic acids is 1. The van der Waals surface area contributed by atoms with E-state index in [0.29, 0.717) is 41.1 Å². The molecule has 1 amide bonds. The largest absolute Gasteiger partial charge is 0.477 e. The number of thiazole rings is 1. The van der Waals surface area contributed by atoms with Gasteiger partial charge in [0, 0.05) is 52.1 Å². The molecule has 5 rings (SSSR count). The zero-order chi connectivity index (χ0) is 28.6. The molecule has 2 aliphatic heterocycles. The van der Waals surface area contributed by atoms with E-state index in [9.17, 15) is 14.7 Å².